The van der Waals surface area contributed by atoms with E-state index in [0.29, 0.717) is 10.5 Å². The Bertz CT molecular complexity index is 974. The van der Waals surface area contributed by atoms with Crippen LogP contribution < -0.4 is 24.7 Å². The molecule has 2 aromatic carbocycles. The average Bonchev–Trinajstić information content (AvgIpc) is 3.16. The fourth-order valence-corrected chi connectivity index (χ4v) is 4.69. The standard InChI is InChI=1S/C18H13INO6S/c1-24-18(22)14-15(27(23)13-10-6-3-7-11-13)17(20-26-14)25-19-16(21)12-8-4-2-5-9-12/h2-11H,1H3/q-1. The van der Waals surface area contributed by atoms with E-state index in [1.807, 2.05) is 0 Å². The number of rotatable bonds is 7. The van der Waals surface area contributed by atoms with Gasteiger partial charge in [0.15, 0.2) is 0 Å². The van der Waals surface area contributed by atoms with Gasteiger partial charge in [-0.2, -0.15) is 0 Å². The van der Waals surface area contributed by atoms with Gasteiger partial charge < -0.3 is 0 Å². The number of hydrogen-bond donors (Lipinski definition) is 0. The Morgan fingerprint density at radius 2 is 1.67 bits per heavy atom. The van der Waals surface area contributed by atoms with Crippen LogP contribution in [0.3, 0.4) is 0 Å². The second-order valence-electron chi connectivity index (χ2n) is 5.01. The predicted octanol–water partition coefficient (Wildman–Crippen LogP) is -0.149. The van der Waals surface area contributed by atoms with Gasteiger partial charge in [0.1, 0.15) is 0 Å². The zero-order valence-electron chi connectivity index (χ0n) is 14.0. The number of carbonyl (C=O) groups is 2. The topological polar surface area (TPSA) is 95.7 Å². The molecule has 7 nitrogen and oxygen atoms in total. The van der Waals surface area contributed by atoms with Crippen molar-refractivity contribution in [3.8, 4) is 5.88 Å². The van der Waals surface area contributed by atoms with E-state index in [1.54, 1.807) is 60.7 Å². The molecule has 27 heavy (non-hydrogen) atoms. The zero-order valence-corrected chi connectivity index (χ0v) is 16.9. The first kappa shape index (κ1) is 19.2. The van der Waals surface area contributed by atoms with Crippen molar-refractivity contribution in [2.24, 2.45) is 0 Å². The Labute approximate surface area is 167 Å². The summed E-state index contributed by atoms with van der Waals surface area (Å²) in [5, 5.41) is 3.68. The molecule has 0 fully saturated rings. The van der Waals surface area contributed by atoms with Gasteiger partial charge in [-0.15, -0.1) is 0 Å². The van der Waals surface area contributed by atoms with Crippen molar-refractivity contribution in [1.82, 2.24) is 5.16 Å². The summed E-state index contributed by atoms with van der Waals surface area (Å²) in [6, 6.07) is 17.1. The molecule has 3 aromatic rings. The van der Waals surface area contributed by atoms with Gasteiger partial charge in [0, 0.05) is 0 Å². The van der Waals surface area contributed by atoms with Crippen molar-refractivity contribution in [2.75, 3.05) is 7.11 Å². The van der Waals surface area contributed by atoms with E-state index in [9.17, 15) is 13.8 Å². The van der Waals surface area contributed by atoms with Gasteiger partial charge in [0.2, 0.25) is 0 Å². The van der Waals surface area contributed by atoms with Crippen LogP contribution in [0.1, 0.15) is 20.9 Å². The number of benzene rings is 2. The molecular weight excluding hydrogens is 485 g/mol. The maximum atomic E-state index is 12.9. The third kappa shape index (κ3) is 4.42. The summed E-state index contributed by atoms with van der Waals surface area (Å²) in [7, 11) is -0.623. The average molecular weight is 498 g/mol. The molecule has 0 amide bonds. The number of carbonyl (C=O) groups excluding carboxylic acids is 2. The first-order valence-electron chi connectivity index (χ1n) is 7.57. The Morgan fingerprint density at radius 1 is 1.04 bits per heavy atom. The number of methoxy groups -OCH3 is 1. The normalized spacial score (nSPS) is 11.7. The minimum absolute atomic E-state index is 0.0476. The fraction of sp³-hybridized carbons (Fsp3) is 0.0556. The van der Waals surface area contributed by atoms with Gasteiger partial charge >= 0.3 is 168 Å². The Morgan fingerprint density at radius 3 is 2.30 bits per heavy atom. The molecule has 0 aliphatic heterocycles. The second-order valence-corrected chi connectivity index (χ2v) is 8.29. The number of esters is 1. The molecule has 0 spiro atoms. The number of hydrogen-bond acceptors (Lipinski definition) is 7. The van der Waals surface area contributed by atoms with E-state index in [0.717, 1.165) is 0 Å². The van der Waals surface area contributed by atoms with Crippen LogP contribution in [0.5, 0.6) is 5.88 Å². The van der Waals surface area contributed by atoms with Gasteiger partial charge in [0.25, 0.3) is 0 Å². The summed E-state index contributed by atoms with van der Waals surface area (Å²) < 4.78 is 27.9. The van der Waals surface area contributed by atoms with E-state index in [4.69, 9.17) is 7.59 Å². The number of aromatic nitrogens is 1. The molecule has 1 heterocycles. The number of halogens is 1. The van der Waals surface area contributed by atoms with Gasteiger partial charge in [-0.3, -0.25) is 0 Å². The van der Waals surface area contributed by atoms with Crippen molar-refractivity contribution in [3.63, 3.8) is 0 Å². The molecule has 9 heteroatoms. The summed E-state index contributed by atoms with van der Waals surface area (Å²) in [5.74, 6) is -1.29. The van der Waals surface area contributed by atoms with Gasteiger partial charge in [-0.05, 0) is 0 Å². The second kappa shape index (κ2) is 8.91. The summed E-state index contributed by atoms with van der Waals surface area (Å²) in [5.41, 5.74) is 0.507. The molecule has 1 unspecified atom stereocenters. The van der Waals surface area contributed by atoms with Crippen LogP contribution in [0, 0.1) is 0 Å². The maximum absolute atomic E-state index is 12.9. The van der Waals surface area contributed by atoms with E-state index in [-0.39, 0.29) is 20.3 Å². The van der Waals surface area contributed by atoms with Crippen LogP contribution >= 0.6 is 0 Å². The van der Waals surface area contributed by atoms with Crippen LogP contribution in [0.2, 0.25) is 0 Å². The van der Waals surface area contributed by atoms with Crippen molar-refractivity contribution in [3.05, 3.63) is 72.0 Å². The summed E-state index contributed by atoms with van der Waals surface area (Å²) in [6.07, 6.45) is 0. The van der Waals surface area contributed by atoms with Crippen LogP contribution in [-0.2, 0) is 15.5 Å². The van der Waals surface area contributed by atoms with Crippen molar-refractivity contribution >= 4 is 20.6 Å². The molecule has 0 bridgehead atoms. The molecule has 1 atom stereocenters. The Balaban J connectivity index is 1.89. The summed E-state index contributed by atoms with van der Waals surface area (Å²) in [4.78, 5) is 24.6. The fourth-order valence-electron chi connectivity index (χ4n) is 2.05. The third-order valence-electron chi connectivity index (χ3n) is 3.32. The Hall–Kier alpha value is -2.53. The third-order valence-corrected chi connectivity index (χ3v) is 6.41. The number of ether oxygens (including phenoxy) is 1. The molecule has 0 saturated carbocycles. The van der Waals surface area contributed by atoms with Crippen molar-refractivity contribution in [2.45, 2.75) is 9.79 Å². The first-order valence-corrected chi connectivity index (χ1v) is 10.7. The first-order chi connectivity index (χ1) is 13.1. The Kier molecular flexibility index (Phi) is 6.35. The van der Waals surface area contributed by atoms with Gasteiger partial charge in [-0.1, -0.05) is 0 Å². The molecule has 1 aromatic heterocycles. The summed E-state index contributed by atoms with van der Waals surface area (Å²) in [6.45, 7) is 0. The quantitative estimate of drug-likeness (QED) is 0.254. The molecule has 140 valence electrons. The van der Waals surface area contributed by atoms with Crippen LogP contribution in [-0.4, -0.2) is 26.2 Å². The van der Waals surface area contributed by atoms with E-state index in [1.165, 1.54) is 7.11 Å². The molecular formula is C18H13INO6S-. The van der Waals surface area contributed by atoms with Gasteiger partial charge in [0.05, 0.1) is 0 Å². The molecule has 0 saturated heterocycles. The minimum atomic E-state index is -1.80. The van der Waals surface area contributed by atoms with Crippen LogP contribution in [0.25, 0.3) is 0 Å². The monoisotopic (exact) mass is 498 g/mol. The molecule has 0 N–H and O–H groups in total. The molecule has 0 aliphatic rings. The SMILES string of the molecule is COC(=O)c1onc(O[I-]C(=O)c2ccccc2)c1S(=O)c1ccccc1. The van der Waals surface area contributed by atoms with E-state index < -0.39 is 38.4 Å². The zero-order chi connectivity index (χ0) is 19.2. The molecule has 0 aliphatic carbocycles. The van der Waals surface area contributed by atoms with E-state index in [2.05, 4.69) is 9.89 Å². The summed E-state index contributed by atoms with van der Waals surface area (Å²) >= 11 is -1.47. The van der Waals surface area contributed by atoms with Crippen LogP contribution in [0.15, 0.2) is 75.0 Å². The van der Waals surface area contributed by atoms with Crippen molar-refractivity contribution in [1.29, 1.82) is 0 Å². The van der Waals surface area contributed by atoms with Crippen molar-refractivity contribution < 1.29 is 47.7 Å². The van der Waals surface area contributed by atoms with Crippen LogP contribution in [0.4, 0.5) is 0 Å². The predicted molar refractivity (Wildman–Crippen MR) is 90.4 cm³/mol. The molecule has 0 radical (unpaired) electrons. The van der Waals surface area contributed by atoms with E-state index >= 15 is 0 Å². The number of nitrogens with zero attached hydrogens (tertiary/aromatic N) is 1. The molecule has 3 rings (SSSR count). The van der Waals surface area contributed by atoms with Gasteiger partial charge in [-0.25, -0.2) is 0 Å².